The normalized spacial score (nSPS) is 25.5. The van der Waals surface area contributed by atoms with Crippen molar-refractivity contribution < 1.29 is 0 Å². The SMILES string of the molecule is B(/N=C/C1CCCCCCC1)C1CCCCCCC1. The van der Waals surface area contributed by atoms with Crippen molar-refractivity contribution in [2.75, 3.05) is 0 Å². The molecule has 0 heterocycles. The molecule has 2 fully saturated rings. The number of hydrogen-bond donors (Lipinski definition) is 0. The lowest BCUT2D eigenvalue weighted by atomic mass is 9.69. The van der Waals surface area contributed by atoms with E-state index in [1.165, 1.54) is 89.9 Å². The van der Waals surface area contributed by atoms with Crippen molar-refractivity contribution in [2.24, 2.45) is 10.8 Å². The van der Waals surface area contributed by atoms with Gasteiger partial charge in [0.25, 0.3) is 7.41 Å². The van der Waals surface area contributed by atoms with Gasteiger partial charge in [-0.2, -0.15) is 0 Å². The van der Waals surface area contributed by atoms with Gasteiger partial charge in [-0.25, -0.2) is 0 Å². The maximum atomic E-state index is 4.84. The molecule has 0 amide bonds. The van der Waals surface area contributed by atoms with Crippen LogP contribution in [0, 0.1) is 5.92 Å². The first kappa shape index (κ1) is 15.1. The summed E-state index contributed by atoms with van der Waals surface area (Å²) in [4.78, 5) is 4.84. The van der Waals surface area contributed by atoms with Crippen LogP contribution in [0.5, 0.6) is 0 Å². The maximum Gasteiger partial charge on any atom is 0.264 e. The van der Waals surface area contributed by atoms with Gasteiger partial charge in [-0.3, -0.25) is 0 Å². The largest absolute Gasteiger partial charge is 0.357 e. The second-order valence-corrected chi connectivity index (χ2v) is 6.83. The molecule has 0 N–H and O–H groups in total. The molecule has 0 bridgehead atoms. The molecule has 2 aliphatic carbocycles. The first-order valence-electron chi connectivity index (χ1n) is 8.95. The van der Waals surface area contributed by atoms with E-state index < -0.39 is 0 Å². The van der Waals surface area contributed by atoms with E-state index in [1.807, 2.05) is 0 Å². The van der Waals surface area contributed by atoms with Crippen molar-refractivity contribution in [3.63, 3.8) is 0 Å². The summed E-state index contributed by atoms with van der Waals surface area (Å²) in [7, 11) is 1.12. The summed E-state index contributed by atoms with van der Waals surface area (Å²) in [5.41, 5.74) is 0. The average Bonchev–Trinajstić information content (AvgIpc) is 2.33. The molecule has 1 nitrogen and oxygen atoms in total. The van der Waals surface area contributed by atoms with Crippen LogP contribution >= 0.6 is 0 Å². The Morgan fingerprint density at radius 1 is 0.632 bits per heavy atom. The number of hydrogen-bond acceptors (Lipinski definition) is 1. The molecule has 0 aliphatic heterocycles. The van der Waals surface area contributed by atoms with Gasteiger partial charge in [0.15, 0.2) is 0 Å². The average molecular weight is 261 g/mol. The van der Waals surface area contributed by atoms with Crippen LogP contribution in [-0.4, -0.2) is 13.6 Å². The van der Waals surface area contributed by atoms with Crippen molar-refractivity contribution >= 4 is 13.6 Å². The van der Waals surface area contributed by atoms with Crippen LogP contribution < -0.4 is 0 Å². The molecule has 0 aromatic heterocycles. The van der Waals surface area contributed by atoms with Gasteiger partial charge >= 0.3 is 0 Å². The molecule has 2 heteroatoms. The number of rotatable bonds is 3. The molecule has 0 aromatic carbocycles. The zero-order valence-corrected chi connectivity index (χ0v) is 12.8. The maximum absolute atomic E-state index is 4.84. The second kappa shape index (κ2) is 9.61. The third kappa shape index (κ3) is 6.63. The van der Waals surface area contributed by atoms with Gasteiger partial charge in [0, 0.05) is 0 Å². The van der Waals surface area contributed by atoms with E-state index in [9.17, 15) is 0 Å². The van der Waals surface area contributed by atoms with E-state index in [0.29, 0.717) is 0 Å². The lowest BCUT2D eigenvalue weighted by molar-refractivity contribution is 0.457. The summed E-state index contributed by atoms with van der Waals surface area (Å²) in [6.45, 7) is 0. The molecular formula is C17H32BN. The van der Waals surface area contributed by atoms with E-state index >= 15 is 0 Å². The molecule has 0 radical (unpaired) electrons. The van der Waals surface area contributed by atoms with Gasteiger partial charge < -0.3 is 4.90 Å². The highest BCUT2D eigenvalue weighted by Gasteiger charge is 2.13. The minimum atomic E-state index is 0.800. The van der Waals surface area contributed by atoms with Crippen molar-refractivity contribution in [1.82, 2.24) is 0 Å². The van der Waals surface area contributed by atoms with E-state index in [2.05, 4.69) is 6.21 Å². The summed E-state index contributed by atoms with van der Waals surface area (Å²) in [6.07, 6.45) is 22.5. The number of nitrogens with zero attached hydrogens (tertiary/aromatic N) is 1. The highest BCUT2D eigenvalue weighted by molar-refractivity contribution is 6.37. The lowest BCUT2D eigenvalue weighted by Gasteiger charge is -2.18. The highest BCUT2D eigenvalue weighted by Crippen LogP contribution is 2.26. The van der Waals surface area contributed by atoms with Crippen LogP contribution in [0.15, 0.2) is 4.90 Å². The Labute approximate surface area is 120 Å². The monoisotopic (exact) mass is 261 g/mol. The van der Waals surface area contributed by atoms with E-state index in [1.54, 1.807) is 0 Å². The Morgan fingerprint density at radius 3 is 1.68 bits per heavy atom. The Kier molecular flexibility index (Phi) is 7.65. The Balaban J connectivity index is 1.68. The standard InChI is InChI=1S/C17H32BN/c1-3-7-11-16(12-8-4-1)15-19-18-17-13-9-5-2-6-10-14-17/h15-18H,1-14H2/b19-15+. The van der Waals surface area contributed by atoms with Crippen LogP contribution in [0.2, 0.25) is 5.82 Å². The summed E-state index contributed by atoms with van der Waals surface area (Å²) in [5, 5.41) is 0. The summed E-state index contributed by atoms with van der Waals surface area (Å²) < 4.78 is 0. The van der Waals surface area contributed by atoms with Crippen molar-refractivity contribution in [2.45, 2.75) is 95.7 Å². The third-order valence-electron chi connectivity index (χ3n) is 5.05. The molecule has 0 atom stereocenters. The lowest BCUT2D eigenvalue weighted by Crippen LogP contribution is -2.09. The van der Waals surface area contributed by atoms with Gasteiger partial charge in [0.2, 0.25) is 0 Å². The van der Waals surface area contributed by atoms with Gasteiger partial charge in [0.1, 0.15) is 0 Å². The molecular weight excluding hydrogens is 229 g/mol. The van der Waals surface area contributed by atoms with Crippen molar-refractivity contribution in [1.29, 1.82) is 0 Å². The van der Waals surface area contributed by atoms with Crippen LogP contribution in [0.1, 0.15) is 89.9 Å². The third-order valence-corrected chi connectivity index (χ3v) is 5.05. The minimum absolute atomic E-state index is 0.800. The highest BCUT2D eigenvalue weighted by atomic mass is 14.6. The molecule has 2 rings (SSSR count). The molecule has 2 aliphatic rings. The molecule has 2 saturated carbocycles. The fourth-order valence-corrected chi connectivity index (χ4v) is 3.72. The first-order valence-corrected chi connectivity index (χ1v) is 8.95. The van der Waals surface area contributed by atoms with Crippen LogP contribution in [-0.2, 0) is 0 Å². The quantitative estimate of drug-likeness (QED) is 0.482. The van der Waals surface area contributed by atoms with Crippen LogP contribution in [0.3, 0.4) is 0 Å². The molecule has 0 aromatic rings. The molecule has 0 saturated heterocycles. The van der Waals surface area contributed by atoms with E-state index in [0.717, 1.165) is 19.1 Å². The second-order valence-electron chi connectivity index (χ2n) is 6.83. The zero-order valence-electron chi connectivity index (χ0n) is 12.8. The summed E-state index contributed by atoms with van der Waals surface area (Å²) in [6, 6.07) is 0. The molecule has 19 heavy (non-hydrogen) atoms. The molecule has 0 unspecified atom stereocenters. The van der Waals surface area contributed by atoms with Gasteiger partial charge in [-0.1, -0.05) is 77.0 Å². The Bertz CT molecular complexity index is 236. The fraction of sp³-hybridized carbons (Fsp3) is 0.941. The topological polar surface area (TPSA) is 12.4 Å². The van der Waals surface area contributed by atoms with E-state index in [-0.39, 0.29) is 0 Å². The predicted octanol–water partition coefficient (Wildman–Crippen LogP) is 5.30. The Hall–Kier alpha value is -0.265. The molecule has 108 valence electrons. The Morgan fingerprint density at radius 2 is 1.11 bits per heavy atom. The van der Waals surface area contributed by atoms with Gasteiger partial charge in [-0.05, 0) is 30.8 Å². The first-order chi connectivity index (χ1) is 9.45. The van der Waals surface area contributed by atoms with Crippen molar-refractivity contribution in [3.8, 4) is 0 Å². The van der Waals surface area contributed by atoms with Gasteiger partial charge in [0.05, 0.1) is 0 Å². The van der Waals surface area contributed by atoms with Crippen molar-refractivity contribution in [3.05, 3.63) is 0 Å². The predicted molar refractivity (Wildman–Crippen MR) is 87.5 cm³/mol. The van der Waals surface area contributed by atoms with Gasteiger partial charge in [-0.15, -0.1) is 0 Å². The zero-order chi connectivity index (χ0) is 13.2. The fourth-order valence-electron chi connectivity index (χ4n) is 3.72. The smallest absolute Gasteiger partial charge is 0.264 e. The summed E-state index contributed by atoms with van der Waals surface area (Å²) >= 11 is 0. The van der Waals surface area contributed by atoms with Crippen LogP contribution in [0.25, 0.3) is 0 Å². The molecule has 0 spiro atoms. The minimum Gasteiger partial charge on any atom is -0.357 e. The summed E-state index contributed by atoms with van der Waals surface area (Å²) in [5.74, 6) is 1.69. The van der Waals surface area contributed by atoms with E-state index in [4.69, 9.17) is 4.90 Å². The van der Waals surface area contributed by atoms with Crippen LogP contribution in [0.4, 0.5) is 0 Å².